The van der Waals surface area contributed by atoms with Crippen LogP contribution in [0.2, 0.25) is 0 Å². The predicted molar refractivity (Wildman–Crippen MR) is 98.7 cm³/mol. The first-order chi connectivity index (χ1) is 11.9. The Kier molecular flexibility index (Phi) is 6.52. The van der Waals surface area contributed by atoms with Gasteiger partial charge in [0.25, 0.3) is 0 Å². The molecule has 2 aromatic rings. The van der Waals surface area contributed by atoms with Crippen LogP contribution in [0.15, 0.2) is 48.8 Å². The van der Waals surface area contributed by atoms with Gasteiger partial charge in [0, 0.05) is 31.9 Å². The number of carbonyl (C=O) groups is 1. The van der Waals surface area contributed by atoms with Gasteiger partial charge in [0.2, 0.25) is 15.9 Å². The van der Waals surface area contributed by atoms with E-state index >= 15 is 0 Å². The van der Waals surface area contributed by atoms with Crippen LogP contribution in [0.4, 0.5) is 5.69 Å². The maximum Gasteiger partial charge on any atom is 0.232 e. The molecular formula is C18H23N3O3S. The molecule has 1 aromatic carbocycles. The van der Waals surface area contributed by atoms with Crippen LogP contribution in [-0.2, 0) is 21.4 Å². The lowest BCUT2D eigenvalue weighted by Crippen LogP contribution is -2.32. The van der Waals surface area contributed by atoms with Gasteiger partial charge in [-0.1, -0.05) is 18.2 Å². The van der Waals surface area contributed by atoms with Gasteiger partial charge in [-0.3, -0.25) is 14.1 Å². The summed E-state index contributed by atoms with van der Waals surface area (Å²) in [6, 6.07) is 11.0. The fraction of sp³-hybridized carbons (Fsp3) is 0.333. The SMILES string of the molecule is Cc1ccccc1N(CCCC(=O)NCc1ccncc1)S(C)(=O)=O. The summed E-state index contributed by atoms with van der Waals surface area (Å²) in [5, 5.41) is 2.83. The summed E-state index contributed by atoms with van der Waals surface area (Å²) in [6.45, 7) is 2.58. The summed E-state index contributed by atoms with van der Waals surface area (Å²) in [5.41, 5.74) is 2.51. The highest BCUT2D eigenvalue weighted by Gasteiger charge is 2.18. The largest absolute Gasteiger partial charge is 0.352 e. The highest BCUT2D eigenvalue weighted by atomic mass is 32.2. The minimum atomic E-state index is -3.40. The molecule has 0 atom stereocenters. The van der Waals surface area contributed by atoms with Crippen molar-refractivity contribution in [3.63, 3.8) is 0 Å². The number of aryl methyl sites for hydroxylation is 1. The first-order valence-electron chi connectivity index (χ1n) is 8.07. The molecule has 1 heterocycles. The number of nitrogens with zero attached hydrogens (tertiary/aromatic N) is 2. The zero-order chi connectivity index (χ0) is 18.3. The first kappa shape index (κ1) is 18.9. The molecule has 0 spiro atoms. The number of amides is 1. The summed E-state index contributed by atoms with van der Waals surface area (Å²) in [5.74, 6) is -0.102. The van der Waals surface area contributed by atoms with E-state index in [2.05, 4.69) is 10.3 Å². The van der Waals surface area contributed by atoms with Gasteiger partial charge in [-0.2, -0.15) is 0 Å². The van der Waals surface area contributed by atoms with Crippen LogP contribution in [0.25, 0.3) is 0 Å². The van der Waals surface area contributed by atoms with E-state index in [4.69, 9.17) is 0 Å². The quantitative estimate of drug-likeness (QED) is 0.782. The number of nitrogens with one attached hydrogen (secondary N) is 1. The van der Waals surface area contributed by atoms with E-state index in [9.17, 15) is 13.2 Å². The summed E-state index contributed by atoms with van der Waals surface area (Å²) < 4.78 is 25.5. The molecule has 1 aromatic heterocycles. The smallest absolute Gasteiger partial charge is 0.232 e. The second-order valence-electron chi connectivity index (χ2n) is 5.86. The number of aromatic nitrogens is 1. The van der Waals surface area contributed by atoms with E-state index in [1.807, 2.05) is 37.3 Å². The molecule has 0 bridgehead atoms. The zero-order valence-corrected chi connectivity index (χ0v) is 15.3. The Morgan fingerprint density at radius 3 is 2.48 bits per heavy atom. The van der Waals surface area contributed by atoms with Crippen molar-refractivity contribution in [1.82, 2.24) is 10.3 Å². The minimum absolute atomic E-state index is 0.102. The van der Waals surface area contributed by atoms with Crippen LogP contribution >= 0.6 is 0 Å². The van der Waals surface area contributed by atoms with Crippen molar-refractivity contribution in [1.29, 1.82) is 0 Å². The molecule has 0 aliphatic heterocycles. The lowest BCUT2D eigenvalue weighted by Gasteiger charge is -2.24. The van der Waals surface area contributed by atoms with E-state index in [-0.39, 0.29) is 18.9 Å². The van der Waals surface area contributed by atoms with Crippen LogP contribution in [0.1, 0.15) is 24.0 Å². The van der Waals surface area contributed by atoms with Crippen molar-refractivity contribution in [3.8, 4) is 0 Å². The van der Waals surface area contributed by atoms with Gasteiger partial charge in [0.1, 0.15) is 0 Å². The van der Waals surface area contributed by atoms with Crippen LogP contribution in [0.3, 0.4) is 0 Å². The van der Waals surface area contributed by atoms with Gasteiger partial charge in [-0.15, -0.1) is 0 Å². The van der Waals surface area contributed by atoms with Crippen molar-refractivity contribution in [2.75, 3.05) is 17.1 Å². The molecule has 1 N–H and O–H groups in total. The van der Waals surface area contributed by atoms with E-state index in [0.717, 1.165) is 11.1 Å². The maximum atomic E-state index is 12.1. The van der Waals surface area contributed by atoms with Gasteiger partial charge < -0.3 is 5.32 Å². The van der Waals surface area contributed by atoms with Crippen LogP contribution in [0.5, 0.6) is 0 Å². The Labute approximate surface area is 148 Å². The summed E-state index contributed by atoms with van der Waals surface area (Å²) >= 11 is 0. The monoisotopic (exact) mass is 361 g/mol. The number of sulfonamides is 1. The summed E-state index contributed by atoms with van der Waals surface area (Å²) in [6.07, 6.45) is 5.25. The third-order valence-corrected chi connectivity index (χ3v) is 4.97. The average Bonchev–Trinajstić information content (AvgIpc) is 2.58. The fourth-order valence-corrected chi connectivity index (χ4v) is 3.50. The standard InChI is InChI=1S/C18H23N3O3S/c1-15-6-3-4-7-17(15)21(25(2,23)24)13-5-8-18(22)20-14-16-9-11-19-12-10-16/h3-4,6-7,9-12H,5,8,13-14H2,1-2H3,(H,20,22). The summed E-state index contributed by atoms with van der Waals surface area (Å²) in [7, 11) is -3.40. The number of rotatable bonds is 8. The van der Waals surface area contributed by atoms with E-state index < -0.39 is 10.0 Å². The first-order valence-corrected chi connectivity index (χ1v) is 9.91. The van der Waals surface area contributed by atoms with Crippen molar-refractivity contribution in [2.24, 2.45) is 0 Å². The lowest BCUT2D eigenvalue weighted by molar-refractivity contribution is -0.121. The third-order valence-electron chi connectivity index (χ3n) is 3.79. The molecule has 0 radical (unpaired) electrons. The molecule has 1 amide bonds. The molecule has 134 valence electrons. The van der Waals surface area contributed by atoms with Crippen molar-refractivity contribution >= 4 is 21.6 Å². The van der Waals surface area contributed by atoms with E-state index in [1.54, 1.807) is 18.5 Å². The third kappa shape index (κ3) is 5.86. The van der Waals surface area contributed by atoms with Crippen molar-refractivity contribution in [3.05, 3.63) is 59.9 Å². The Morgan fingerprint density at radius 1 is 1.16 bits per heavy atom. The number of hydrogen-bond donors (Lipinski definition) is 1. The second kappa shape index (κ2) is 8.62. The molecule has 7 heteroatoms. The highest BCUT2D eigenvalue weighted by molar-refractivity contribution is 7.92. The molecule has 0 fully saturated rings. The Balaban J connectivity index is 1.89. The topological polar surface area (TPSA) is 79.4 Å². The molecule has 25 heavy (non-hydrogen) atoms. The molecule has 0 aliphatic carbocycles. The van der Waals surface area contributed by atoms with Crippen LogP contribution in [0, 0.1) is 6.92 Å². The van der Waals surface area contributed by atoms with E-state index in [0.29, 0.717) is 18.7 Å². The number of hydrogen-bond acceptors (Lipinski definition) is 4. The maximum absolute atomic E-state index is 12.1. The van der Waals surface area contributed by atoms with Gasteiger partial charge in [-0.05, 0) is 42.7 Å². The van der Waals surface area contributed by atoms with Crippen LogP contribution < -0.4 is 9.62 Å². The zero-order valence-electron chi connectivity index (χ0n) is 14.5. The van der Waals surface area contributed by atoms with E-state index in [1.165, 1.54) is 10.6 Å². The molecule has 0 saturated carbocycles. The molecule has 0 saturated heterocycles. The fourth-order valence-electron chi connectivity index (χ4n) is 2.48. The van der Waals surface area contributed by atoms with Gasteiger partial charge >= 0.3 is 0 Å². The Bertz CT molecular complexity index is 807. The molecule has 6 nitrogen and oxygen atoms in total. The number of benzene rings is 1. The van der Waals surface area contributed by atoms with Crippen molar-refractivity contribution in [2.45, 2.75) is 26.3 Å². The second-order valence-corrected chi connectivity index (χ2v) is 7.76. The van der Waals surface area contributed by atoms with Gasteiger partial charge in [-0.25, -0.2) is 8.42 Å². The normalized spacial score (nSPS) is 11.1. The average molecular weight is 361 g/mol. The minimum Gasteiger partial charge on any atom is -0.352 e. The Hall–Kier alpha value is -2.41. The number of para-hydroxylation sites is 1. The number of anilines is 1. The van der Waals surface area contributed by atoms with Gasteiger partial charge in [0.15, 0.2) is 0 Å². The highest BCUT2D eigenvalue weighted by Crippen LogP contribution is 2.22. The Morgan fingerprint density at radius 2 is 1.84 bits per heavy atom. The van der Waals surface area contributed by atoms with Crippen LogP contribution in [-0.4, -0.2) is 32.1 Å². The summed E-state index contributed by atoms with van der Waals surface area (Å²) in [4.78, 5) is 15.9. The number of pyridine rings is 1. The lowest BCUT2D eigenvalue weighted by atomic mass is 10.2. The molecule has 0 unspecified atom stereocenters. The predicted octanol–water partition coefficient (Wildman–Crippen LogP) is 2.25. The molecule has 2 rings (SSSR count). The molecular weight excluding hydrogens is 338 g/mol. The van der Waals surface area contributed by atoms with Crippen molar-refractivity contribution < 1.29 is 13.2 Å². The van der Waals surface area contributed by atoms with Gasteiger partial charge in [0.05, 0.1) is 11.9 Å². The molecule has 0 aliphatic rings. The number of carbonyl (C=O) groups excluding carboxylic acids is 1.